The highest BCUT2D eigenvalue weighted by Gasteiger charge is 2.22. The van der Waals surface area contributed by atoms with E-state index < -0.39 is 0 Å². The molecule has 0 amide bonds. The van der Waals surface area contributed by atoms with E-state index in [2.05, 4.69) is 36.5 Å². The van der Waals surface area contributed by atoms with Crippen LogP contribution in [0.15, 0.2) is 24.3 Å². The number of Topliss-reactive ketones (excluding diaryl/α,β-unsaturated/α-hetero) is 1. The van der Waals surface area contributed by atoms with Gasteiger partial charge in [-0.05, 0) is 24.0 Å². The van der Waals surface area contributed by atoms with Crippen molar-refractivity contribution in [2.24, 2.45) is 0 Å². The van der Waals surface area contributed by atoms with E-state index in [-0.39, 0.29) is 6.04 Å². The highest BCUT2D eigenvalue weighted by Crippen LogP contribution is 2.18. The quantitative estimate of drug-likeness (QED) is 0.758. The molecule has 0 aromatic heterocycles. The molecule has 2 nitrogen and oxygen atoms in total. The van der Waals surface area contributed by atoms with Crippen LogP contribution >= 0.6 is 0 Å². The molecule has 1 N–H and O–H groups in total. The smallest absolute Gasteiger partial charge is 0.150 e. The number of fused-ring (bicyclic) bond motifs is 1. The molecule has 1 aromatic carbocycles. The molecule has 0 bridgehead atoms. The fourth-order valence-corrected chi connectivity index (χ4v) is 2.76. The SMILES string of the molecule is CCCCCCCC(=O)C1Cc2ccccc2CN1. The molecule has 0 saturated carbocycles. The van der Waals surface area contributed by atoms with Crippen molar-refractivity contribution >= 4 is 5.78 Å². The number of carbonyl (C=O) groups is 1. The number of rotatable bonds is 7. The second-order valence-corrected chi connectivity index (χ2v) is 5.54. The molecule has 19 heavy (non-hydrogen) atoms. The van der Waals surface area contributed by atoms with Crippen LogP contribution in [0.2, 0.25) is 0 Å². The highest BCUT2D eigenvalue weighted by molar-refractivity contribution is 5.84. The minimum Gasteiger partial charge on any atom is -0.303 e. The van der Waals surface area contributed by atoms with Gasteiger partial charge in [0.2, 0.25) is 0 Å². The van der Waals surface area contributed by atoms with E-state index in [0.717, 1.165) is 25.8 Å². The highest BCUT2D eigenvalue weighted by atomic mass is 16.1. The fourth-order valence-electron chi connectivity index (χ4n) is 2.76. The first-order valence-corrected chi connectivity index (χ1v) is 7.64. The molecule has 1 unspecified atom stereocenters. The number of unbranched alkanes of at least 4 members (excludes halogenated alkanes) is 4. The summed E-state index contributed by atoms with van der Waals surface area (Å²) in [7, 11) is 0. The molecule has 1 aliphatic heterocycles. The lowest BCUT2D eigenvalue weighted by atomic mass is 9.92. The van der Waals surface area contributed by atoms with Gasteiger partial charge >= 0.3 is 0 Å². The summed E-state index contributed by atoms with van der Waals surface area (Å²) in [6.07, 6.45) is 7.68. The number of ketones is 1. The zero-order valence-electron chi connectivity index (χ0n) is 12.0. The summed E-state index contributed by atoms with van der Waals surface area (Å²) in [6, 6.07) is 8.47. The third kappa shape index (κ3) is 4.17. The van der Waals surface area contributed by atoms with Crippen molar-refractivity contribution in [2.75, 3.05) is 0 Å². The Morgan fingerprint density at radius 2 is 1.89 bits per heavy atom. The van der Waals surface area contributed by atoms with E-state index in [0.29, 0.717) is 5.78 Å². The number of hydrogen-bond donors (Lipinski definition) is 1. The van der Waals surface area contributed by atoms with Crippen LogP contribution in [0.25, 0.3) is 0 Å². The molecule has 0 fully saturated rings. The molecular formula is C17H25NO. The first-order chi connectivity index (χ1) is 9.31. The van der Waals surface area contributed by atoms with E-state index >= 15 is 0 Å². The largest absolute Gasteiger partial charge is 0.303 e. The maximum absolute atomic E-state index is 12.2. The van der Waals surface area contributed by atoms with Gasteiger partial charge in [0.05, 0.1) is 6.04 Å². The Hall–Kier alpha value is -1.15. The van der Waals surface area contributed by atoms with E-state index in [1.807, 2.05) is 0 Å². The summed E-state index contributed by atoms with van der Waals surface area (Å²) in [5.74, 6) is 0.394. The van der Waals surface area contributed by atoms with Gasteiger partial charge in [0, 0.05) is 13.0 Å². The van der Waals surface area contributed by atoms with Crippen LogP contribution in [0.3, 0.4) is 0 Å². The van der Waals surface area contributed by atoms with Crippen LogP contribution in [-0.4, -0.2) is 11.8 Å². The third-order valence-corrected chi connectivity index (χ3v) is 4.00. The monoisotopic (exact) mass is 259 g/mol. The zero-order chi connectivity index (χ0) is 13.5. The van der Waals surface area contributed by atoms with Crippen LogP contribution in [0.5, 0.6) is 0 Å². The predicted octanol–water partition coefficient (Wildman–Crippen LogP) is 3.63. The summed E-state index contributed by atoms with van der Waals surface area (Å²) in [5.41, 5.74) is 2.68. The van der Waals surface area contributed by atoms with E-state index in [9.17, 15) is 4.79 Å². The summed E-state index contributed by atoms with van der Waals surface area (Å²) in [4.78, 5) is 12.2. The molecule has 1 atom stereocenters. The minimum absolute atomic E-state index is 0.0427. The van der Waals surface area contributed by atoms with Gasteiger partial charge in [-0.1, -0.05) is 56.9 Å². The molecule has 1 aromatic rings. The van der Waals surface area contributed by atoms with Gasteiger partial charge in [0.25, 0.3) is 0 Å². The Morgan fingerprint density at radius 3 is 2.68 bits per heavy atom. The molecule has 2 rings (SSSR count). The lowest BCUT2D eigenvalue weighted by molar-refractivity contribution is -0.121. The molecule has 1 heterocycles. The average molecular weight is 259 g/mol. The maximum atomic E-state index is 12.2. The van der Waals surface area contributed by atoms with Crippen molar-refractivity contribution in [3.63, 3.8) is 0 Å². The number of carbonyl (C=O) groups excluding carboxylic acids is 1. The van der Waals surface area contributed by atoms with Crippen LogP contribution in [0.1, 0.15) is 56.6 Å². The van der Waals surface area contributed by atoms with Crippen LogP contribution < -0.4 is 5.32 Å². The summed E-state index contributed by atoms with van der Waals surface area (Å²) in [5, 5.41) is 3.38. The zero-order valence-corrected chi connectivity index (χ0v) is 12.0. The maximum Gasteiger partial charge on any atom is 0.150 e. The Bertz CT molecular complexity index is 413. The van der Waals surface area contributed by atoms with Gasteiger partial charge in [-0.2, -0.15) is 0 Å². The number of benzene rings is 1. The lowest BCUT2D eigenvalue weighted by Crippen LogP contribution is -2.41. The van der Waals surface area contributed by atoms with Crippen molar-refractivity contribution in [3.05, 3.63) is 35.4 Å². The lowest BCUT2D eigenvalue weighted by Gasteiger charge is -2.25. The molecule has 0 spiro atoms. The van der Waals surface area contributed by atoms with E-state index in [1.54, 1.807) is 0 Å². The minimum atomic E-state index is 0.0427. The van der Waals surface area contributed by atoms with Gasteiger partial charge in [-0.15, -0.1) is 0 Å². The van der Waals surface area contributed by atoms with Gasteiger partial charge in [0.1, 0.15) is 5.78 Å². The molecule has 2 heteroatoms. The van der Waals surface area contributed by atoms with Gasteiger partial charge in [-0.25, -0.2) is 0 Å². The van der Waals surface area contributed by atoms with Crippen molar-refractivity contribution in [3.8, 4) is 0 Å². The average Bonchev–Trinajstić information content (AvgIpc) is 2.46. The number of nitrogens with one attached hydrogen (secondary N) is 1. The molecular weight excluding hydrogens is 234 g/mol. The summed E-state index contributed by atoms with van der Waals surface area (Å²) < 4.78 is 0. The topological polar surface area (TPSA) is 29.1 Å². The molecule has 0 radical (unpaired) electrons. The van der Waals surface area contributed by atoms with Crippen LogP contribution in [-0.2, 0) is 17.8 Å². The normalized spacial score (nSPS) is 18.1. The number of hydrogen-bond acceptors (Lipinski definition) is 2. The Kier molecular flexibility index (Phi) is 5.59. The predicted molar refractivity (Wildman–Crippen MR) is 79.2 cm³/mol. The second-order valence-electron chi connectivity index (χ2n) is 5.54. The Balaban J connectivity index is 1.76. The molecule has 104 valence electrons. The standard InChI is InChI=1S/C17H25NO/c1-2-3-4-5-6-11-17(19)16-12-14-9-7-8-10-15(14)13-18-16/h7-10,16,18H,2-6,11-13H2,1H3. The molecule has 0 saturated heterocycles. The summed E-state index contributed by atoms with van der Waals surface area (Å²) in [6.45, 7) is 3.05. The van der Waals surface area contributed by atoms with E-state index in [4.69, 9.17) is 0 Å². The van der Waals surface area contributed by atoms with Crippen LogP contribution in [0, 0.1) is 0 Å². The van der Waals surface area contributed by atoms with Gasteiger partial charge < -0.3 is 5.32 Å². The Morgan fingerprint density at radius 1 is 1.16 bits per heavy atom. The van der Waals surface area contributed by atoms with Crippen molar-refractivity contribution in [1.29, 1.82) is 0 Å². The van der Waals surface area contributed by atoms with Crippen molar-refractivity contribution < 1.29 is 4.79 Å². The third-order valence-electron chi connectivity index (χ3n) is 4.00. The molecule has 1 aliphatic rings. The first-order valence-electron chi connectivity index (χ1n) is 7.64. The second kappa shape index (κ2) is 7.44. The molecule has 0 aliphatic carbocycles. The van der Waals surface area contributed by atoms with Gasteiger partial charge in [0.15, 0.2) is 0 Å². The van der Waals surface area contributed by atoms with Gasteiger partial charge in [-0.3, -0.25) is 4.79 Å². The fraction of sp³-hybridized carbons (Fsp3) is 0.588. The van der Waals surface area contributed by atoms with E-state index in [1.165, 1.54) is 36.8 Å². The van der Waals surface area contributed by atoms with Crippen LogP contribution in [0.4, 0.5) is 0 Å². The first kappa shape index (κ1) is 14.3. The van der Waals surface area contributed by atoms with Crippen molar-refractivity contribution in [1.82, 2.24) is 5.32 Å². The van der Waals surface area contributed by atoms with Crippen molar-refractivity contribution in [2.45, 2.75) is 64.5 Å². The Labute approximate surface area is 116 Å². The summed E-state index contributed by atoms with van der Waals surface area (Å²) >= 11 is 0.